The lowest BCUT2D eigenvalue weighted by molar-refractivity contribution is -0.384. The fraction of sp³-hybridized carbons (Fsp3) is 0.400. The summed E-state index contributed by atoms with van der Waals surface area (Å²) < 4.78 is 5.32. The number of hydrogen-bond acceptors (Lipinski definition) is 8. The monoisotopic (exact) mass is 482 g/mol. The molecule has 0 saturated carbocycles. The second kappa shape index (κ2) is 11.0. The molecule has 0 fully saturated rings. The molecule has 172 valence electrons. The number of thiazole rings is 1. The summed E-state index contributed by atoms with van der Waals surface area (Å²) in [6, 6.07) is 2.48. The largest absolute Gasteiger partial charge is 0.458 e. The van der Waals surface area contributed by atoms with Gasteiger partial charge < -0.3 is 10.1 Å². The number of halogens is 1. The van der Waals surface area contributed by atoms with Gasteiger partial charge in [0.15, 0.2) is 5.13 Å². The fourth-order valence-corrected chi connectivity index (χ4v) is 3.91. The van der Waals surface area contributed by atoms with E-state index in [1.807, 2.05) is 6.92 Å². The number of benzene rings is 1. The molecule has 1 aromatic heterocycles. The lowest BCUT2D eigenvalue weighted by Crippen LogP contribution is -2.45. The molecular weight excluding hydrogens is 460 g/mol. The first kappa shape index (κ1) is 25.2. The van der Waals surface area contributed by atoms with Gasteiger partial charge >= 0.3 is 5.97 Å². The van der Waals surface area contributed by atoms with Crippen LogP contribution in [0.4, 0.5) is 10.8 Å². The van der Waals surface area contributed by atoms with Crippen LogP contribution < -0.4 is 10.2 Å². The highest BCUT2D eigenvalue weighted by Crippen LogP contribution is 2.23. The van der Waals surface area contributed by atoms with E-state index >= 15 is 0 Å². The number of esters is 1. The third kappa shape index (κ3) is 6.24. The zero-order chi connectivity index (χ0) is 24.0. The summed E-state index contributed by atoms with van der Waals surface area (Å²) in [6.07, 6.45) is 0. The first-order chi connectivity index (χ1) is 15.0. The van der Waals surface area contributed by atoms with E-state index in [4.69, 9.17) is 16.3 Å². The molecule has 0 spiro atoms. The quantitative estimate of drug-likeness (QED) is 0.328. The van der Waals surface area contributed by atoms with Crippen LogP contribution in [0.3, 0.4) is 0 Å². The first-order valence-electron chi connectivity index (χ1n) is 9.69. The van der Waals surface area contributed by atoms with Crippen molar-refractivity contribution in [1.29, 1.82) is 0 Å². The number of hydrogen-bond donors (Lipinski definition) is 1. The summed E-state index contributed by atoms with van der Waals surface area (Å²) in [5.74, 6) is -1.77. The summed E-state index contributed by atoms with van der Waals surface area (Å²) >= 11 is 7.26. The van der Waals surface area contributed by atoms with Gasteiger partial charge in [-0.2, -0.15) is 0 Å². The highest BCUT2D eigenvalue weighted by Gasteiger charge is 2.27. The maximum absolute atomic E-state index is 12.6. The van der Waals surface area contributed by atoms with Gasteiger partial charge in [-0.25, -0.2) is 9.78 Å². The highest BCUT2D eigenvalue weighted by molar-refractivity contribution is 7.14. The number of carbonyl (C=O) groups excluding carboxylic acids is 3. The van der Waals surface area contributed by atoms with Crippen molar-refractivity contribution in [3.8, 4) is 0 Å². The Balaban J connectivity index is 2.05. The minimum atomic E-state index is -0.976. The van der Waals surface area contributed by atoms with Crippen LogP contribution in [0.25, 0.3) is 0 Å². The fourth-order valence-electron chi connectivity index (χ4n) is 2.73. The van der Waals surface area contributed by atoms with Gasteiger partial charge in [0.05, 0.1) is 21.2 Å². The Morgan fingerprint density at radius 2 is 2.03 bits per heavy atom. The van der Waals surface area contributed by atoms with Crippen molar-refractivity contribution in [2.24, 2.45) is 5.92 Å². The van der Waals surface area contributed by atoms with E-state index in [1.54, 1.807) is 19.2 Å². The van der Waals surface area contributed by atoms with Gasteiger partial charge in [0.25, 0.3) is 11.6 Å². The topological polar surface area (TPSA) is 132 Å². The van der Waals surface area contributed by atoms with Crippen molar-refractivity contribution in [3.63, 3.8) is 0 Å². The van der Waals surface area contributed by atoms with Gasteiger partial charge in [0, 0.05) is 31.0 Å². The Kier molecular flexibility index (Phi) is 8.67. The van der Waals surface area contributed by atoms with Crippen LogP contribution in [0.2, 0.25) is 5.02 Å². The van der Waals surface area contributed by atoms with E-state index in [2.05, 4.69) is 10.3 Å². The minimum Gasteiger partial charge on any atom is -0.458 e. The molecule has 10 nitrogen and oxygen atoms in total. The third-order valence-electron chi connectivity index (χ3n) is 4.44. The summed E-state index contributed by atoms with van der Waals surface area (Å²) in [7, 11) is 0. The van der Waals surface area contributed by atoms with E-state index in [9.17, 15) is 24.5 Å². The van der Waals surface area contributed by atoms with E-state index < -0.39 is 22.8 Å². The van der Waals surface area contributed by atoms with E-state index in [0.29, 0.717) is 17.4 Å². The molecule has 0 aliphatic heterocycles. The van der Waals surface area contributed by atoms with Crippen molar-refractivity contribution in [1.82, 2.24) is 10.3 Å². The molecule has 12 heteroatoms. The summed E-state index contributed by atoms with van der Waals surface area (Å²) in [6.45, 7) is 7.08. The van der Waals surface area contributed by atoms with Crippen LogP contribution in [0.15, 0.2) is 23.6 Å². The van der Waals surface area contributed by atoms with Crippen LogP contribution >= 0.6 is 22.9 Å². The normalized spacial score (nSPS) is 11.7. The summed E-state index contributed by atoms with van der Waals surface area (Å²) in [4.78, 5) is 52.9. The zero-order valence-electron chi connectivity index (χ0n) is 18.0. The zero-order valence-corrected chi connectivity index (χ0v) is 19.5. The molecule has 1 aromatic carbocycles. The maximum Gasteiger partial charge on any atom is 0.329 e. The molecule has 0 radical (unpaired) electrons. The Labute approximate surface area is 193 Å². The number of nitro benzene ring substituents is 1. The molecule has 0 unspecified atom stereocenters. The number of nitrogens with zero attached hydrogens (tertiary/aromatic N) is 3. The SMILES string of the molecule is CCN(C(C)=O)c1nc(COC(=O)[C@@H](NC(=O)c2ccc([N+](=O)[O-])cc2Cl)C(C)C)cs1. The second-order valence-electron chi connectivity index (χ2n) is 7.11. The first-order valence-corrected chi connectivity index (χ1v) is 10.9. The number of nitrogens with one attached hydrogen (secondary N) is 1. The van der Waals surface area contributed by atoms with Gasteiger partial charge in [0.2, 0.25) is 5.91 Å². The number of rotatable bonds is 9. The summed E-state index contributed by atoms with van der Waals surface area (Å²) in [5, 5.41) is 15.5. The molecule has 32 heavy (non-hydrogen) atoms. The van der Waals surface area contributed by atoms with Crippen LogP contribution in [-0.2, 0) is 20.9 Å². The van der Waals surface area contributed by atoms with Crippen molar-refractivity contribution in [3.05, 3.63) is 50.0 Å². The molecule has 0 saturated heterocycles. The number of amides is 2. The van der Waals surface area contributed by atoms with Crippen LogP contribution in [-0.4, -0.2) is 40.3 Å². The number of anilines is 1. The van der Waals surface area contributed by atoms with Gasteiger partial charge in [-0.15, -0.1) is 11.3 Å². The van der Waals surface area contributed by atoms with Crippen molar-refractivity contribution >= 4 is 51.5 Å². The van der Waals surface area contributed by atoms with Crippen molar-refractivity contribution in [2.75, 3.05) is 11.4 Å². The maximum atomic E-state index is 12.6. The number of non-ortho nitro benzene ring substituents is 1. The Hall–Kier alpha value is -3.05. The third-order valence-corrected chi connectivity index (χ3v) is 5.67. The van der Waals surface area contributed by atoms with Gasteiger partial charge in [-0.3, -0.25) is 24.6 Å². The molecule has 2 rings (SSSR count). The minimum absolute atomic E-state index is 0.00347. The van der Waals surface area contributed by atoms with Crippen molar-refractivity contribution < 1.29 is 24.0 Å². The highest BCUT2D eigenvalue weighted by atomic mass is 35.5. The van der Waals surface area contributed by atoms with Crippen LogP contribution in [0.5, 0.6) is 0 Å². The molecule has 2 amide bonds. The standard InChI is InChI=1S/C20H23ClN4O6S/c1-5-24(12(4)26)20-22-13(10-32-20)9-31-19(28)17(11(2)3)23-18(27)15-7-6-14(25(29)30)8-16(15)21/h6-8,10-11,17H,5,9H2,1-4H3,(H,23,27)/t17-/m0/s1. The van der Waals surface area contributed by atoms with E-state index in [-0.39, 0.29) is 34.7 Å². The Morgan fingerprint density at radius 1 is 1.34 bits per heavy atom. The molecule has 1 N–H and O–H groups in total. The van der Waals surface area contributed by atoms with E-state index in [0.717, 1.165) is 12.1 Å². The average molecular weight is 483 g/mol. The lowest BCUT2D eigenvalue weighted by atomic mass is 10.0. The van der Waals surface area contributed by atoms with Crippen molar-refractivity contribution in [2.45, 2.75) is 40.3 Å². The lowest BCUT2D eigenvalue weighted by Gasteiger charge is -2.21. The molecule has 0 bridgehead atoms. The molecule has 1 atom stereocenters. The Bertz CT molecular complexity index is 1030. The van der Waals surface area contributed by atoms with E-state index in [1.165, 1.54) is 29.2 Å². The van der Waals surface area contributed by atoms with Crippen LogP contribution in [0, 0.1) is 16.0 Å². The summed E-state index contributed by atoms with van der Waals surface area (Å²) in [5.41, 5.74) is 0.231. The molecule has 0 aliphatic carbocycles. The molecule has 2 aromatic rings. The number of aromatic nitrogens is 1. The smallest absolute Gasteiger partial charge is 0.329 e. The average Bonchev–Trinajstić information content (AvgIpc) is 3.18. The van der Waals surface area contributed by atoms with Gasteiger partial charge in [-0.05, 0) is 18.9 Å². The second-order valence-corrected chi connectivity index (χ2v) is 8.35. The Morgan fingerprint density at radius 3 is 2.56 bits per heavy atom. The molecular formula is C20H23ClN4O6S. The predicted molar refractivity (Wildman–Crippen MR) is 120 cm³/mol. The van der Waals surface area contributed by atoms with Gasteiger partial charge in [0.1, 0.15) is 12.6 Å². The van der Waals surface area contributed by atoms with Gasteiger partial charge in [-0.1, -0.05) is 25.4 Å². The molecule has 0 aliphatic rings. The number of carbonyl (C=O) groups is 3. The number of nitro groups is 1. The molecule has 1 heterocycles. The predicted octanol–water partition coefficient (Wildman–Crippen LogP) is 3.58. The number of ether oxygens (including phenoxy) is 1. The van der Waals surface area contributed by atoms with Crippen LogP contribution in [0.1, 0.15) is 43.7 Å².